The van der Waals surface area contributed by atoms with Crippen molar-refractivity contribution in [2.75, 3.05) is 20.7 Å². The van der Waals surface area contributed by atoms with Crippen LogP contribution in [0.3, 0.4) is 0 Å². The van der Waals surface area contributed by atoms with Crippen LogP contribution in [-0.4, -0.2) is 31.5 Å². The summed E-state index contributed by atoms with van der Waals surface area (Å²) in [5, 5.41) is 3.67. The van der Waals surface area contributed by atoms with Crippen LogP contribution in [0.2, 0.25) is 5.02 Å². The van der Waals surface area contributed by atoms with E-state index in [0.29, 0.717) is 26.2 Å². The van der Waals surface area contributed by atoms with Gasteiger partial charge in [0.05, 0.1) is 13.2 Å². The highest BCUT2D eigenvalue weighted by Gasteiger charge is 2.09. The fourth-order valence-corrected chi connectivity index (χ4v) is 2.67. The first-order chi connectivity index (χ1) is 11.6. The second kappa shape index (κ2) is 9.42. The van der Waals surface area contributed by atoms with Gasteiger partial charge < -0.3 is 10.1 Å². The van der Waals surface area contributed by atoms with E-state index in [1.54, 1.807) is 7.11 Å². The van der Waals surface area contributed by atoms with Crippen molar-refractivity contribution in [2.24, 2.45) is 0 Å². The van der Waals surface area contributed by atoms with Crippen molar-refractivity contribution in [3.8, 4) is 0 Å². The Morgan fingerprint density at radius 3 is 2.67 bits per heavy atom. The summed E-state index contributed by atoms with van der Waals surface area (Å²) >= 11 is 6.15. The van der Waals surface area contributed by atoms with E-state index < -0.39 is 0 Å². The number of methoxy groups -OCH3 is 1. The third-order valence-electron chi connectivity index (χ3n) is 3.60. The molecule has 0 bridgehead atoms. The number of hydrogen-bond acceptors (Lipinski definition) is 3. The number of amides is 1. The maximum absolute atomic E-state index is 12.1. The van der Waals surface area contributed by atoms with E-state index >= 15 is 0 Å². The van der Waals surface area contributed by atoms with Gasteiger partial charge in [0.2, 0.25) is 5.91 Å². The standard InChI is InChI=1S/C19H23ClN2O2/c1-22(12-17-8-3-4-9-18(17)20)13-19(23)21-11-15-6-5-7-16(10-15)14-24-2/h3-10H,11-14H2,1-2H3,(H,21,23). The maximum atomic E-state index is 12.1. The summed E-state index contributed by atoms with van der Waals surface area (Å²) in [5.41, 5.74) is 3.17. The Hall–Kier alpha value is -1.88. The zero-order valence-corrected chi connectivity index (χ0v) is 14.8. The largest absolute Gasteiger partial charge is 0.380 e. The number of nitrogens with one attached hydrogen (secondary N) is 1. The molecule has 0 spiro atoms. The molecule has 0 saturated heterocycles. The maximum Gasteiger partial charge on any atom is 0.234 e. The Bertz CT molecular complexity index is 676. The molecule has 0 aliphatic heterocycles. The summed E-state index contributed by atoms with van der Waals surface area (Å²) in [6.07, 6.45) is 0. The lowest BCUT2D eigenvalue weighted by Crippen LogP contribution is -2.34. The van der Waals surface area contributed by atoms with E-state index in [1.807, 2.05) is 60.5 Å². The van der Waals surface area contributed by atoms with Crippen molar-refractivity contribution in [1.29, 1.82) is 0 Å². The molecule has 0 aliphatic rings. The van der Waals surface area contributed by atoms with Gasteiger partial charge in [0.25, 0.3) is 0 Å². The monoisotopic (exact) mass is 346 g/mol. The number of likely N-dealkylation sites (N-methyl/N-ethyl adjacent to an activating group) is 1. The lowest BCUT2D eigenvalue weighted by atomic mass is 10.1. The van der Waals surface area contributed by atoms with Gasteiger partial charge in [-0.05, 0) is 29.8 Å². The molecule has 2 aromatic rings. The van der Waals surface area contributed by atoms with Gasteiger partial charge in [-0.2, -0.15) is 0 Å². The van der Waals surface area contributed by atoms with Gasteiger partial charge >= 0.3 is 0 Å². The fraction of sp³-hybridized carbons (Fsp3) is 0.316. The molecule has 0 radical (unpaired) electrons. The summed E-state index contributed by atoms with van der Waals surface area (Å²) < 4.78 is 5.12. The third-order valence-corrected chi connectivity index (χ3v) is 3.97. The van der Waals surface area contributed by atoms with Gasteiger partial charge in [-0.15, -0.1) is 0 Å². The highest BCUT2D eigenvalue weighted by Crippen LogP contribution is 2.16. The number of ether oxygens (including phenoxy) is 1. The molecule has 2 aromatic carbocycles. The number of halogens is 1. The normalized spacial score (nSPS) is 10.8. The lowest BCUT2D eigenvalue weighted by Gasteiger charge is -2.17. The minimum Gasteiger partial charge on any atom is -0.380 e. The number of carbonyl (C=O) groups is 1. The molecular formula is C19H23ClN2O2. The zero-order valence-electron chi connectivity index (χ0n) is 14.1. The first kappa shape index (κ1) is 18.5. The number of hydrogen-bond donors (Lipinski definition) is 1. The lowest BCUT2D eigenvalue weighted by molar-refractivity contribution is -0.122. The van der Waals surface area contributed by atoms with Gasteiger partial charge in [0, 0.05) is 25.2 Å². The Balaban J connectivity index is 1.80. The van der Waals surface area contributed by atoms with Gasteiger partial charge in [-0.3, -0.25) is 9.69 Å². The third kappa shape index (κ3) is 5.96. The summed E-state index contributed by atoms with van der Waals surface area (Å²) in [4.78, 5) is 14.0. The van der Waals surface area contributed by atoms with Crippen molar-refractivity contribution < 1.29 is 9.53 Å². The van der Waals surface area contributed by atoms with Gasteiger partial charge in [0.1, 0.15) is 0 Å². The molecule has 1 N–H and O–H groups in total. The quantitative estimate of drug-likeness (QED) is 0.798. The van der Waals surface area contributed by atoms with Gasteiger partial charge in [0.15, 0.2) is 0 Å². The molecule has 5 heteroatoms. The van der Waals surface area contributed by atoms with Crippen LogP contribution in [0, 0.1) is 0 Å². The van der Waals surface area contributed by atoms with E-state index in [0.717, 1.165) is 21.7 Å². The highest BCUT2D eigenvalue weighted by molar-refractivity contribution is 6.31. The first-order valence-corrected chi connectivity index (χ1v) is 8.21. The predicted molar refractivity (Wildman–Crippen MR) is 96.8 cm³/mol. The summed E-state index contributed by atoms with van der Waals surface area (Å²) in [7, 11) is 3.57. The van der Waals surface area contributed by atoms with Gasteiger partial charge in [-0.25, -0.2) is 0 Å². The second-order valence-electron chi connectivity index (χ2n) is 5.79. The van der Waals surface area contributed by atoms with Crippen molar-refractivity contribution >= 4 is 17.5 Å². The molecular weight excluding hydrogens is 324 g/mol. The minimum absolute atomic E-state index is 0.0123. The topological polar surface area (TPSA) is 41.6 Å². The van der Waals surface area contributed by atoms with Crippen LogP contribution in [0.25, 0.3) is 0 Å². The molecule has 0 aromatic heterocycles. The average Bonchev–Trinajstić information content (AvgIpc) is 2.56. The van der Waals surface area contributed by atoms with E-state index in [4.69, 9.17) is 16.3 Å². The van der Waals surface area contributed by atoms with Crippen molar-refractivity contribution in [2.45, 2.75) is 19.7 Å². The molecule has 0 saturated carbocycles. The van der Waals surface area contributed by atoms with E-state index in [9.17, 15) is 4.79 Å². The molecule has 2 rings (SSSR count). The average molecular weight is 347 g/mol. The van der Waals surface area contributed by atoms with Crippen LogP contribution >= 0.6 is 11.6 Å². The minimum atomic E-state index is -0.0123. The van der Waals surface area contributed by atoms with Crippen LogP contribution < -0.4 is 5.32 Å². The summed E-state index contributed by atoms with van der Waals surface area (Å²) in [6, 6.07) is 15.7. The van der Waals surface area contributed by atoms with E-state index in [-0.39, 0.29) is 5.91 Å². The van der Waals surface area contributed by atoms with Crippen LogP contribution in [0.5, 0.6) is 0 Å². The van der Waals surface area contributed by atoms with Crippen LogP contribution in [0.4, 0.5) is 0 Å². The zero-order chi connectivity index (χ0) is 17.4. The second-order valence-corrected chi connectivity index (χ2v) is 6.20. The molecule has 0 fully saturated rings. The molecule has 1 amide bonds. The van der Waals surface area contributed by atoms with E-state index in [1.165, 1.54) is 0 Å². The molecule has 24 heavy (non-hydrogen) atoms. The molecule has 0 atom stereocenters. The van der Waals surface area contributed by atoms with Crippen LogP contribution in [-0.2, 0) is 29.2 Å². The molecule has 0 heterocycles. The Morgan fingerprint density at radius 1 is 1.17 bits per heavy atom. The molecule has 0 aliphatic carbocycles. The Morgan fingerprint density at radius 2 is 1.92 bits per heavy atom. The molecule has 0 unspecified atom stereocenters. The predicted octanol–water partition coefficient (Wildman–Crippen LogP) is 3.23. The number of carbonyl (C=O) groups excluding carboxylic acids is 1. The highest BCUT2D eigenvalue weighted by atomic mass is 35.5. The van der Waals surface area contributed by atoms with Crippen LogP contribution in [0.1, 0.15) is 16.7 Å². The van der Waals surface area contributed by atoms with Crippen molar-refractivity contribution in [3.63, 3.8) is 0 Å². The number of benzene rings is 2. The SMILES string of the molecule is COCc1cccc(CNC(=O)CN(C)Cc2ccccc2Cl)c1. The van der Waals surface area contributed by atoms with E-state index in [2.05, 4.69) is 5.32 Å². The van der Waals surface area contributed by atoms with Gasteiger partial charge in [-0.1, -0.05) is 54.1 Å². The van der Waals surface area contributed by atoms with Crippen molar-refractivity contribution in [3.05, 3.63) is 70.2 Å². The summed E-state index contributed by atoms with van der Waals surface area (Å²) in [5.74, 6) is -0.0123. The summed E-state index contributed by atoms with van der Waals surface area (Å²) in [6.45, 7) is 2.04. The molecule has 4 nitrogen and oxygen atoms in total. The Labute approximate surface area is 148 Å². The fourth-order valence-electron chi connectivity index (χ4n) is 2.47. The number of rotatable bonds is 8. The molecule has 128 valence electrons. The smallest absolute Gasteiger partial charge is 0.234 e. The van der Waals surface area contributed by atoms with Crippen LogP contribution in [0.15, 0.2) is 48.5 Å². The first-order valence-electron chi connectivity index (χ1n) is 7.84. The number of nitrogens with zero attached hydrogens (tertiary/aromatic N) is 1. The Kier molecular flexibility index (Phi) is 7.25. The van der Waals surface area contributed by atoms with Crippen molar-refractivity contribution in [1.82, 2.24) is 10.2 Å².